The quantitative estimate of drug-likeness (QED) is 0.178. The second-order valence-electron chi connectivity index (χ2n) is 6.15. The molecule has 0 fully saturated rings. The summed E-state index contributed by atoms with van der Waals surface area (Å²) in [6.45, 7) is 1.20. The second-order valence-corrected chi connectivity index (χ2v) is 6.15. The van der Waals surface area contributed by atoms with Crippen LogP contribution < -0.4 is 4.74 Å². The minimum atomic E-state index is -3.21. The van der Waals surface area contributed by atoms with Gasteiger partial charge in [-0.15, -0.1) is 0 Å². The Morgan fingerprint density at radius 2 is 1.23 bits per heavy atom. The molecule has 0 aromatic heterocycles. The fraction of sp³-hybridized carbons (Fsp3) is 0.647. The van der Waals surface area contributed by atoms with Crippen molar-refractivity contribution >= 4 is 0 Å². The highest BCUT2D eigenvalue weighted by molar-refractivity contribution is 5.29. The van der Waals surface area contributed by atoms with Gasteiger partial charge in [-0.3, -0.25) is 0 Å². The number of rotatable bonds is 11. The van der Waals surface area contributed by atoms with E-state index < -0.39 is 53.3 Å². The molecule has 1 rings (SSSR count). The fourth-order valence-corrected chi connectivity index (χ4v) is 2.46. The fourth-order valence-electron chi connectivity index (χ4n) is 2.46. The lowest BCUT2D eigenvalue weighted by Crippen LogP contribution is -2.41. The molecule has 0 radical (unpaired) electrons. The first-order chi connectivity index (χ1) is 12.1. The lowest BCUT2D eigenvalue weighted by atomic mass is 9.98. The zero-order chi connectivity index (χ0) is 19.9. The SMILES string of the molecule is CCCCCCCCC(COc1c(F)c(F)c(F)c(F)c1F)C(O)(O)O. The molecule has 0 bridgehead atoms. The van der Waals surface area contributed by atoms with Crippen LogP contribution in [0.2, 0.25) is 0 Å². The molecule has 3 N–H and O–H groups in total. The summed E-state index contributed by atoms with van der Waals surface area (Å²) in [5.41, 5.74) is 0. The van der Waals surface area contributed by atoms with E-state index in [-0.39, 0.29) is 6.42 Å². The molecule has 0 heterocycles. The van der Waals surface area contributed by atoms with Gasteiger partial charge in [-0.05, 0) is 6.42 Å². The highest BCUT2D eigenvalue weighted by atomic mass is 19.2. The summed E-state index contributed by atoms with van der Waals surface area (Å²) in [4.78, 5) is 0. The van der Waals surface area contributed by atoms with Gasteiger partial charge in [-0.25, -0.2) is 13.2 Å². The Hall–Kier alpha value is -1.45. The van der Waals surface area contributed by atoms with Gasteiger partial charge >= 0.3 is 0 Å². The third-order valence-corrected chi connectivity index (χ3v) is 4.05. The van der Waals surface area contributed by atoms with Crippen molar-refractivity contribution in [1.82, 2.24) is 0 Å². The molecule has 1 aromatic carbocycles. The van der Waals surface area contributed by atoms with Crippen molar-refractivity contribution in [3.63, 3.8) is 0 Å². The number of unbranched alkanes of at least 4 members (excludes halogenated alkanes) is 5. The van der Waals surface area contributed by atoms with Gasteiger partial charge in [-0.2, -0.15) is 8.78 Å². The van der Waals surface area contributed by atoms with Gasteiger partial charge in [0.25, 0.3) is 5.97 Å². The molecule has 4 nitrogen and oxygen atoms in total. The zero-order valence-corrected chi connectivity index (χ0v) is 14.4. The van der Waals surface area contributed by atoms with Crippen molar-refractivity contribution in [2.24, 2.45) is 5.92 Å². The Morgan fingerprint density at radius 1 is 0.769 bits per heavy atom. The van der Waals surface area contributed by atoms with Crippen molar-refractivity contribution < 1.29 is 42.0 Å². The molecular weight excluding hydrogens is 363 g/mol. The van der Waals surface area contributed by atoms with Gasteiger partial charge in [0, 0.05) is 0 Å². The molecule has 1 aromatic rings. The van der Waals surface area contributed by atoms with E-state index in [1.54, 1.807) is 0 Å². The highest BCUT2D eigenvalue weighted by Crippen LogP contribution is 2.30. The summed E-state index contributed by atoms with van der Waals surface area (Å²) < 4.78 is 70.9. The Kier molecular flexibility index (Phi) is 8.72. The summed E-state index contributed by atoms with van der Waals surface area (Å²) in [7, 11) is 0. The first-order valence-electron chi connectivity index (χ1n) is 8.42. The van der Waals surface area contributed by atoms with Crippen LogP contribution in [0.15, 0.2) is 0 Å². The van der Waals surface area contributed by atoms with Crippen molar-refractivity contribution in [2.75, 3.05) is 6.61 Å². The lowest BCUT2D eigenvalue weighted by Gasteiger charge is -2.26. The Bertz CT molecular complexity index is 560. The number of halogens is 5. The number of ether oxygens (including phenoxy) is 1. The largest absolute Gasteiger partial charge is 0.487 e. The topological polar surface area (TPSA) is 69.9 Å². The molecule has 0 amide bonds. The molecule has 0 aliphatic heterocycles. The number of hydrogen-bond acceptors (Lipinski definition) is 4. The molecule has 1 unspecified atom stereocenters. The van der Waals surface area contributed by atoms with E-state index in [0.29, 0.717) is 6.42 Å². The first-order valence-corrected chi connectivity index (χ1v) is 8.42. The molecule has 0 saturated carbocycles. The van der Waals surface area contributed by atoms with Crippen LogP contribution >= 0.6 is 0 Å². The van der Waals surface area contributed by atoms with Gasteiger partial charge < -0.3 is 20.1 Å². The predicted octanol–water partition coefficient (Wildman–Crippen LogP) is 3.76. The Morgan fingerprint density at radius 3 is 1.73 bits per heavy atom. The standard InChI is InChI=1S/C17H23F5O4/c1-2-3-4-5-6-7-8-10(17(23,24)25)9-26-16-14(21)12(19)11(18)13(20)15(16)22/h10,23-25H,2-9H2,1H3. The number of benzene rings is 1. The van der Waals surface area contributed by atoms with Gasteiger partial charge in [0.15, 0.2) is 5.75 Å². The van der Waals surface area contributed by atoms with Crippen LogP contribution in [0.1, 0.15) is 51.9 Å². The average molecular weight is 386 g/mol. The molecule has 0 saturated heterocycles. The van der Waals surface area contributed by atoms with Crippen molar-refractivity contribution in [3.05, 3.63) is 29.1 Å². The Balaban J connectivity index is 2.74. The average Bonchev–Trinajstić information content (AvgIpc) is 2.58. The van der Waals surface area contributed by atoms with Gasteiger partial charge in [0.05, 0.1) is 12.5 Å². The Labute approximate surface area is 148 Å². The van der Waals surface area contributed by atoms with Gasteiger partial charge in [-0.1, -0.05) is 45.4 Å². The molecule has 150 valence electrons. The van der Waals surface area contributed by atoms with Crippen molar-refractivity contribution in [1.29, 1.82) is 0 Å². The van der Waals surface area contributed by atoms with Crippen molar-refractivity contribution in [2.45, 2.75) is 57.8 Å². The van der Waals surface area contributed by atoms with E-state index in [1.165, 1.54) is 0 Å². The predicted molar refractivity (Wildman–Crippen MR) is 82.6 cm³/mol. The van der Waals surface area contributed by atoms with E-state index >= 15 is 0 Å². The normalized spacial score (nSPS) is 13.1. The molecule has 0 aliphatic rings. The van der Waals surface area contributed by atoms with E-state index in [0.717, 1.165) is 32.1 Å². The van der Waals surface area contributed by atoms with Crippen LogP contribution in [0, 0.1) is 35.0 Å². The zero-order valence-electron chi connectivity index (χ0n) is 14.4. The summed E-state index contributed by atoms with van der Waals surface area (Å²) in [5.74, 6) is -17.1. The van der Waals surface area contributed by atoms with Crippen LogP contribution in [0.3, 0.4) is 0 Å². The summed E-state index contributed by atoms with van der Waals surface area (Å²) in [6.07, 6.45) is 5.17. The monoisotopic (exact) mass is 386 g/mol. The van der Waals surface area contributed by atoms with Crippen LogP contribution in [-0.2, 0) is 0 Å². The minimum absolute atomic E-state index is 0.0189. The molecule has 1 atom stereocenters. The third kappa shape index (κ3) is 6.07. The molecule has 0 spiro atoms. The minimum Gasteiger partial charge on any atom is -0.487 e. The molecule has 0 aliphatic carbocycles. The first kappa shape index (κ1) is 22.6. The summed E-state index contributed by atoms with van der Waals surface area (Å²) >= 11 is 0. The van der Waals surface area contributed by atoms with E-state index in [4.69, 9.17) is 0 Å². The van der Waals surface area contributed by atoms with Gasteiger partial charge in [0.1, 0.15) is 0 Å². The van der Waals surface area contributed by atoms with E-state index in [2.05, 4.69) is 4.74 Å². The third-order valence-electron chi connectivity index (χ3n) is 4.05. The van der Waals surface area contributed by atoms with Gasteiger partial charge in [0.2, 0.25) is 29.1 Å². The summed E-state index contributed by atoms with van der Waals surface area (Å²) in [6, 6.07) is 0. The van der Waals surface area contributed by atoms with E-state index in [1.807, 2.05) is 6.92 Å². The van der Waals surface area contributed by atoms with Crippen LogP contribution in [-0.4, -0.2) is 27.9 Å². The number of hydrogen-bond donors (Lipinski definition) is 3. The maximum atomic E-state index is 13.5. The van der Waals surface area contributed by atoms with Crippen LogP contribution in [0.25, 0.3) is 0 Å². The van der Waals surface area contributed by atoms with Crippen LogP contribution in [0.4, 0.5) is 22.0 Å². The van der Waals surface area contributed by atoms with Crippen molar-refractivity contribution in [3.8, 4) is 5.75 Å². The van der Waals surface area contributed by atoms with E-state index in [9.17, 15) is 37.3 Å². The highest BCUT2D eigenvalue weighted by Gasteiger charge is 2.34. The maximum absolute atomic E-state index is 13.5. The second kappa shape index (κ2) is 10.0. The molecule has 26 heavy (non-hydrogen) atoms. The smallest absolute Gasteiger partial charge is 0.281 e. The van der Waals surface area contributed by atoms with Crippen LogP contribution in [0.5, 0.6) is 5.75 Å². The molecular formula is C17H23F5O4. The maximum Gasteiger partial charge on any atom is 0.281 e. The number of aliphatic hydroxyl groups is 3. The summed E-state index contributed by atoms with van der Waals surface area (Å²) in [5, 5.41) is 28.0. The lowest BCUT2D eigenvalue weighted by molar-refractivity contribution is -0.345. The molecule has 9 heteroatoms.